The van der Waals surface area contributed by atoms with Crippen molar-refractivity contribution >= 4 is 52.5 Å². The fourth-order valence-electron chi connectivity index (χ4n) is 4.92. The average Bonchev–Trinajstić information content (AvgIpc) is 3.35. The van der Waals surface area contributed by atoms with Crippen molar-refractivity contribution in [2.75, 3.05) is 6.54 Å². The van der Waals surface area contributed by atoms with Crippen LogP contribution in [0.15, 0.2) is 36.5 Å². The van der Waals surface area contributed by atoms with E-state index >= 15 is 0 Å². The number of ketones is 1. The number of nitrogens with zero attached hydrogens (tertiary/aromatic N) is 4. The highest BCUT2D eigenvalue weighted by atomic mass is 35.5. The van der Waals surface area contributed by atoms with Gasteiger partial charge in [0.2, 0.25) is 0 Å². The lowest BCUT2D eigenvalue weighted by atomic mass is 9.86. The van der Waals surface area contributed by atoms with Crippen LogP contribution in [0.2, 0.25) is 15.2 Å². The summed E-state index contributed by atoms with van der Waals surface area (Å²) in [6.45, 7) is 0.729. The highest BCUT2D eigenvalue weighted by molar-refractivity contribution is 6.39. The Labute approximate surface area is 248 Å². The predicted molar refractivity (Wildman–Crippen MR) is 145 cm³/mol. The molecule has 0 atom stereocenters. The molecule has 0 saturated heterocycles. The molecule has 0 aliphatic heterocycles. The van der Waals surface area contributed by atoms with Crippen molar-refractivity contribution < 1.29 is 32.7 Å². The van der Waals surface area contributed by atoms with Gasteiger partial charge < -0.3 is 10.0 Å². The fourth-order valence-corrected chi connectivity index (χ4v) is 5.79. The van der Waals surface area contributed by atoms with Crippen LogP contribution >= 0.6 is 34.8 Å². The summed E-state index contributed by atoms with van der Waals surface area (Å²) in [5.74, 6) is -3.45. The van der Waals surface area contributed by atoms with Crippen molar-refractivity contribution in [2.24, 2.45) is 5.92 Å². The monoisotopic (exact) mass is 630 g/mol. The second kappa shape index (κ2) is 12.4. The first-order valence-electron chi connectivity index (χ1n) is 12.5. The quantitative estimate of drug-likeness (QED) is 0.214. The molecule has 1 aliphatic rings. The van der Waals surface area contributed by atoms with Crippen molar-refractivity contribution in [3.8, 4) is 0 Å². The zero-order valence-electron chi connectivity index (χ0n) is 21.6. The molecule has 0 bridgehead atoms. The Morgan fingerprint density at radius 2 is 1.71 bits per heavy atom. The van der Waals surface area contributed by atoms with E-state index in [0.29, 0.717) is 16.3 Å². The normalized spacial score (nSPS) is 17.3. The molecule has 4 rings (SSSR count). The van der Waals surface area contributed by atoms with Gasteiger partial charge in [-0.05, 0) is 56.4 Å². The van der Waals surface area contributed by atoms with Crippen molar-refractivity contribution in [1.29, 1.82) is 0 Å². The van der Waals surface area contributed by atoms with Gasteiger partial charge in [0.15, 0.2) is 11.5 Å². The Bertz CT molecular complexity index is 1450. The first kappa shape index (κ1) is 30.8. The lowest BCUT2D eigenvalue weighted by Crippen LogP contribution is -2.37. The summed E-state index contributed by atoms with van der Waals surface area (Å²) >= 11 is 18.3. The number of carboxylic acid groups (broad SMARTS) is 1. The molecule has 0 radical (unpaired) electrons. The third kappa shape index (κ3) is 7.02. The third-order valence-corrected chi connectivity index (χ3v) is 7.75. The summed E-state index contributed by atoms with van der Waals surface area (Å²) in [6.07, 6.45) is -3.46. The SMILES string of the molecule is Cc1cc(Cl)c(C(=O)CN(Cc2ccc(Cl)cc2)C(=O)c2cnn([C@H]3CC[C@H](C(=O)O)CC3)c2C(F)(F)F)c(Cl)n1. The lowest BCUT2D eigenvalue weighted by Gasteiger charge is -2.28. The molecule has 3 aromatic rings. The number of Topliss-reactive ketones (excluding diaryl/α,β-unsaturated/α-hetero) is 1. The van der Waals surface area contributed by atoms with Crippen LogP contribution in [0, 0.1) is 12.8 Å². The molecule has 41 heavy (non-hydrogen) atoms. The van der Waals surface area contributed by atoms with E-state index < -0.39 is 53.6 Å². The standard InChI is InChI=1S/C27H24Cl3F3N4O4/c1-14-10-20(29)22(24(30)35-14)21(38)13-36(12-15-2-6-17(28)7-3-15)25(39)19-11-34-37(23(19)27(31,32)33)18-8-4-16(5-9-18)26(40)41/h2-3,6-7,10-11,16,18H,4-5,8-9,12-13H2,1H3,(H,40,41)/t16-,18-. The maximum Gasteiger partial charge on any atom is 0.433 e. The number of alkyl halides is 3. The number of aryl methyl sites for hydroxylation is 1. The predicted octanol–water partition coefficient (Wildman–Crippen LogP) is 6.91. The second-order valence-electron chi connectivity index (χ2n) is 9.81. The van der Waals surface area contributed by atoms with Crippen molar-refractivity contribution in [2.45, 2.75) is 51.4 Å². The van der Waals surface area contributed by atoms with E-state index in [0.717, 1.165) is 15.8 Å². The summed E-state index contributed by atoms with van der Waals surface area (Å²) in [5.41, 5.74) is -1.20. The Kier molecular flexibility index (Phi) is 9.30. The number of aliphatic carboxylic acids is 1. The Morgan fingerprint density at radius 3 is 2.27 bits per heavy atom. The van der Waals surface area contributed by atoms with E-state index in [-0.39, 0.29) is 48.0 Å². The van der Waals surface area contributed by atoms with Crippen LogP contribution in [0.25, 0.3) is 0 Å². The topological polar surface area (TPSA) is 105 Å². The largest absolute Gasteiger partial charge is 0.481 e. The van der Waals surface area contributed by atoms with Crippen molar-refractivity contribution in [1.82, 2.24) is 19.7 Å². The molecule has 1 aliphatic carbocycles. The molecule has 0 unspecified atom stereocenters. The van der Waals surface area contributed by atoms with Gasteiger partial charge in [0, 0.05) is 17.3 Å². The minimum atomic E-state index is -4.96. The van der Waals surface area contributed by atoms with Gasteiger partial charge in [-0.1, -0.05) is 46.9 Å². The van der Waals surface area contributed by atoms with Gasteiger partial charge in [-0.3, -0.25) is 19.1 Å². The molecule has 2 aromatic heterocycles. The summed E-state index contributed by atoms with van der Waals surface area (Å²) in [6, 6.07) is 6.92. The summed E-state index contributed by atoms with van der Waals surface area (Å²) in [7, 11) is 0. The van der Waals surface area contributed by atoms with E-state index in [9.17, 15) is 32.7 Å². The number of rotatable bonds is 8. The first-order chi connectivity index (χ1) is 19.3. The molecule has 0 spiro atoms. The van der Waals surface area contributed by atoms with Crippen molar-refractivity contribution in [3.05, 3.63) is 79.8 Å². The summed E-state index contributed by atoms with van der Waals surface area (Å²) < 4.78 is 44.0. The molecule has 1 N–H and O–H groups in total. The van der Waals surface area contributed by atoms with E-state index in [4.69, 9.17) is 34.8 Å². The Balaban J connectivity index is 1.71. The number of pyridine rings is 1. The number of carboxylic acids is 1. The molecule has 8 nitrogen and oxygen atoms in total. The maximum absolute atomic E-state index is 14.4. The van der Waals surface area contributed by atoms with Crippen LogP contribution in [0.3, 0.4) is 0 Å². The summed E-state index contributed by atoms with van der Waals surface area (Å²) in [4.78, 5) is 43.3. The van der Waals surface area contributed by atoms with Gasteiger partial charge in [0.05, 0.1) is 40.9 Å². The number of carbonyl (C=O) groups is 3. The highest BCUT2D eigenvalue weighted by Crippen LogP contribution is 2.39. The maximum atomic E-state index is 14.4. The van der Waals surface area contributed by atoms with Crippen LogP contribution in [-0.2, 0) is 17.5 Å². The van der Waals surface area contributed by atoms with E-state index in [1.807, 2.05) is 0 Å². The van der Waals surface area contributed by atoms with Gasteiger partial charge in [-0.15, -0.1) is 0 Å². The lowest BCUT2D eigenvalue weighted by molar-refractivity contribution is -0.147. The number of halogens is 6. The number of carbonyl (C=O) groups excluding carboxylic acids is 2. The van der Waals surface area contributed by atoms with Gasteiger partial charge in [0.1, 0.15) is 5.15 Å². The highest BCUT2D eigenvalue weighted by Gasteiger charge is 2.43. The zero-order chi connectivity index (χ0) is 30.1. The molecular formula is C27H24Cl3F3N4O4. The molecule has 1 amide bonds. The molecule has 1 aromatic carbocycles. The van der Waals surface area contributed by atoms with Gasteiger partial charge >= 0.3 is 12.1 Å². The molecule has 1 saturated carbocycles. The van der Waals surface area contributed by atoms with Gasteiger partial charge in [-0.2, -0.15) is 18.3 Å². The first-order valence-corrected chi connectivity index (χ1v) is 13.7. The average molecular weight is 632 g/mol. The molecule has 1 fully saturated rings. The molecule has 218 valence electrons. The third-order valence-electron chi connectivity index (χ3n) is 6.93. The fraction of sp³-hybridized carbons (Fsp3) is 0.370. The minimum Gasteiger partial charge on any atom is -0.481 e. The number of aromatic nitrogens is 3. The van der Waals surface area contributed by atoms with Crippen LogP contribution < -0.4 is 0 Å². The Morgan fingerprint density at radius 1 is 1.07 bits per heavy atom. The van der Waals surface area contributed by atoms with E-state index in [2.05, 4.69) is 10.1 Å². The van der Waals surface area contributed by atoms with E-state index in [1.165, 1.54) is 6.07 Å². The minimum absolute atomic E-state index is 0.00726. The number of hydrogen-bond donors (Lipinski definition) is 1. The summed E-state index contributed by atoms with van der Waals surface area (Å²) in [5, 5.41) is 13.4. The van der Waals surface area contributed by atoms with E-state index in [1.54, 1.807) is 31.2 Å². The zero-order valence-corrected chi connectivity index (χ0v) is 23.9. The van der Waals surface area contributed by atoms with Gasteiger partial charge in [-0.25, -0.2) is 4.98 Å². The number of hydrogen-bond acceptors (Lipinski definition) is 5. The van der Waals surface area contributed by atoms with Gasteiger partial charge in [0.25, 0.3) is 5.91 Å². The molecular weight excluding hydrogens is 608 g/mol. The van der Waals surface area contributed by atoms with Crippen LogP contribution in [0.4, 0.5) is 13.2 Å². The van der Waals surface area contributed by atoms with Crippen molar-refractivity contribution in [3.63, 3.8) is 0 Å². The smallest absolute Gasteiger partial charge is 0.433 e. The van der Waals surface area contributed by atoms with Crippen LogP contribution in [0.5, 0.6) is 0 Å². The Hall–Kier alpha value is -3.15. The number of amides is 1. The molecule has 14 heteroatoms. The molecule has 2 heterocycles. The van der Waals surface area contributed by atoms with Crippen LogP contribution in [0.1, 0.15) is 69.4 Å². The second-order valence-corrected chi connectivity index (χ2v) is 11.0. The number of benzene rings is 1. The van der Waals surface area contributed by atoms with Crippen LogP contribution in [-0.4, -0.2) is 49.0 Å².